The number of aliphatic carboxylic acids is 1. The molecule has 1 aliphatic heterocycles. The van der Waals surface area contributed by atoms with Gasteiger partial charge in [-0.05, 0) is 32.4 Å². The van der Waals surface area contributed by atoms with Crippen LogP contribution in [0.25, 0.3) is 0 Å². The van der Waals surface area contributed by atoms with Crippen molar-refractivity contribution in [3.8, 4) is 0 Å². The highest BCUT2D eigenvalue weighted by molar-refractivity contribution is 5.75. The lowest BCUT2D eigenvalue weighted by Crippen LogP contribution is -2.28. The number of hydrogen-bond acceptors (Lipinski definition) is 2. The molecule has 1 N–H and O–H groups in total. The molecular formula is C8H13NO2. The molecule has 1 heterocycles. The topological polar surface area (TPSA) is 40.5 Å². The molecule has 2 rings (SSSR count). The van der Waals surface area contributed by atoms with E-state index >= 15 is 0 Å². The molecular weight excluding hydrogens is 142 g/mol. The fourth-order valence-corrected chi connectivity index (χ4v) is 2.36. The van der Waals surface area contributed by atoms with E-state index in [-0.39, 0.29) is 5.92 Å². The van der Waals surface area contributed by atoms with E-state index in [0.717, 1.165) is 13.0 Å². The first-order valence-electron chi connectivity index (χ1n) is 4.15. The zero-order valence-corrected chi connectivity index (χ0v) is 6.66. The van der Waals surface area contributed by atoms with Crippen LogP contribution in [0, 0.1) is 11.8 Å². The van der Waals surface area contributed by atoms with Crippen molar-refractivity contribution in [2.75, 3.05) is 13.6 Å². The van der Waals surface area contributed by atoms with Crippen molar-refractivity contribution < 1.29 is 9.90 Å². The first kappa shape index (κ1) is 7.10. The molecule has 1 aliphatic carbocycles. The molecule has 0 spiro atoms. The third kappa shape index (κ3) is 0.948. The van der Waals surface area contributed by atoms with Crippen molar-refractivity contribution >= 4 is 5.97 Å². The molecule has 62 valence electrons. The number of fused-ring (bicyclic) bond motifs is 1. The van der Waals surface area contributed by atoms with Gasteiger partial charge in [-0.3, -0.25) is 4.79 Å². The van der Waals surface area contributed by atoms with Gasteiger partial charge in [-0.25, -0.2) is 0 Å². The number of likely N-dealkylation sites (tertiary alicyclic amines) is 1. The Morgan fingerprint density at radius 1 is 1.64 bits per heavy atom. The summed E-state index contributed by atoms with van der Waals surface area (Å²) >= 11 is 0. The zero-order valence-electron chi connectivity index (χ0n) is 6.66. The number of piperidine rings is 1. The zero-order chi connectivity index (χ0) is 8.01. The molecule has 0 radical (unpaired) electrons. The number of carboxylic acid groups (broad SMARTS) is 1. The largest absolute Gasteiger partial charge is 0.481 e. The van der Waals surface area contributed by atoms with Crippen molar-refractivity contribution in [3.63, 3.8) is 0 Å². The monoisotopic (exact) mass is 155 g/mol. The van der Waals surface area contributed by atoms with Crippen LogP contribution in [0.4, 0.5) is 0 Å². The minimum atomic E-state index is -0.603. The van der Waals surface area contributed by atoms with Crippen molar-refractivity contribution in [2.45, 2.75) is 18.9 Å². The van der Waals surface area contributed by atoms with Gasteiger partial charge in [0.25, 0.3) is 0 Å². The molecule has 3 unspecified atom stereocenters. The highest BCUT2D eigenvalue weighted by Crippen LogP contribution is 2.48. The lowest BCUT2D eigenvalue weighted by Gasteiger charge is -2.20. The first-order valence-corrected chi connectivity index (χ1v) is 4.15. The minimum absolute atomic E-state index is 0.0532. The molecule has 0 aromatic carbocycles. The SMILES string of the molecule is CN1CCCC2C(C(=O)O)C21. The number of nitrogens with zero attached hydrogens (tertiary/aromatic N) is 1. The molecule has 2 fully saturated rings. The molecule has 1 saturated heterocycles. The molecule has 0 aromatic rings. The second-order valence-electron chi connectivity index (χ2n) is 3.64. The van der Waals surface area contributed by atoms with Gasteiger partial charge < -0.3 is 10.0 Å². The Bertz CT molecular complexity index is 193. The maximum Gasteiger partial charge on any atom is 0.308 e. The van der Waals surface area contributed by atoms with E-state index in [4.69, 9.17) is 5.11 Å². The fourth-order valence-electron chi connectivity index (χ4n) is 2.36. The summed E-state index contributed by atoms with van der Waals surface area (Å²) in [6.45, 7) is 1.07. The van der Waals surface area contributed by atoms with E-state index in [1.807, 2.05) is 7.05 Å². The Morgan fingerprint density at radius 2 is 2.36 bits per heavy atom. The van der Waals surface area contributed by atoms with Crippen LogP contribution < -0.4 is 0 Å². The second-order valence-corrected chi connectivity index (χ2v) is 3.64. The Kier molecular flexibility index (Phi) is 1.42. The number of carbonyl (C=O) groups is 1. The summed E-state index contributed by atoms with van der Waals surface area (Å²) < 4.78 is 0. The van der Waals surface area contributed by atoms with Gasteiger partial charge in [0, 0.05) is 6.04 Å². The highest BCUT2D eigenvalue weighted by Gasteiger charge is 2.57. The Labute approximate surface area is 66.0 Å². The van der Waals surface area contributed by atoms with Crippen LogP contribution in [-0.4, -0.2) is 35.6 Å². The summed E-state index contributed by atoms with van der Waals surface area (Å²) in [4.78, 5) is 12.8. The van der Waals surface area contributed by atoms with E-state index in [9.17, 15) is 4.79 Å². The molecule has 3 heteroatoms. The molecule has 3 nitrogen and oxygen atoms in total. The van der Waals surface area contributed by atoms with Gasteiger partial charge in [0.15, 0.2) is 0 Å². The quantitative estimate of drug-likeness (QED) is 0.596. The average Bonchev–Trinajstić information content (AvgIpc) is 2.62. The molecule has 0 aromatic heterocycles. The Hall–Kier alpha value is -0.570. The Morgan fingerprint density at radius 3 is 2.91 bits per heavy atom. The van der Waals surface area contributed by atoms with Crippen LogP contribution in [-0.2, 0) is 4.79 Å². The van der Waals surface area contributed by atoms with Crippen molar-refractivity contribution in [1.82, 2.24) is 4.90 Å². The van der Waals surface area contributed by atoms with Crippen LogP contribution in [0.5, 0.6) is 0 Å². The predicted octanol–water partition coefficient (Wildman–Crippen LogP) is 0.411. The molecule has 11 heavy (non-hydrogen) atoms. The summed E-state index contributed by atoms with van der Waals surface area (Å²) in [5.41, 5.74) is 0. The van der Waals surface area contributed by atoms with Crippen molar-refractivity contribution in [2.24, 2.45) is 11.8 Å². The van der Waals surface area contributed by atoms with Crippen LogP contribution in [0.2, 0.25) is 0 Å². The summed E-state index contributed by atoms with van der Waals surface area (Å²) in [7, 11) is 2.03. The summed E-state index contributed by atoms with van der Waals surface area (Å²) in [6.07, 6.45) is 2.29. The van der Waals surface area contributed by atoms with Crippen molar-refractivity contribution in [1.29, 1.82) is 0 Å². The first-order chi connectivity index (χ1) is 5.22. The number of carboxylic acids is 1. The number of hydrogen-bond donors (Lipinski definition) is 1. The third-order valence-corrected chi connectivity index (χ3v) is 2.97. The van der Waals surface area contributed by atoms with Crippen LogP contribution >= 0.6 is 0 Å². The van der Waals surface area contributed by atoms with E-state index in [1.165, 1.54) is 6.42 Å². The minimum Gasteiger partial charge on any atom is -0.481 e. The highest BCUT2D eigenvalue weighted by atomic mass is 16.4. The lowest BCUT2D eigenvalue weighted by molar-refractivity contribution is -0.139. The smallest absolute Gasteiger partial charge is 0.308 e. The van der Waals surface area contributed by atoms with Gasteiger partial charge in [-0.2, -0.15) is 0 Å². The van der Waals surface area contributed by atoms with Crippen LogP contribution in [0.15, 0.2) is 0 Å². The van der Waals surface area contributed by atoms with Gasteiger partial charge in [-0.15, -0.1) is 0 Å². The summed E-state index contributed by atoms with van der Waals surface area (Å²) in [6, 6.07) is 0.362. The van der Waals surface area contributed by atoms with Gasteiger partial charge in [0.05, 0.1) is 5.92 Å². The van der Waals surface area contributed by atoms with Gasteiger partial charge >= 0.3 is 5.97 Å². The van der Waals surface area contributed by atoms with Gasteiger partial charge in [-0.1, -0.05) is 0 Å². The molecule has 1 saturated carbocycles. The Balaban J connectivity index is 2.05. The van der Waals surface area contributed by atoms with Gasteiger partial charge in [0.1, 0.15) is 0 Å². The fraction of sp³-hybridized carbons (Fsp3) is 0.875. The van der Waals surface area contributed by atoms with Gasteiger partial charge in [0.2, 0.25) is 0 Å². The van der Waals surface area contributed by atoms with Crippen LogP contribution in [0.1, 0.15) is 12.8 Å². The number of rotatable bonds is 1. The molecule has 3 atom stereocenters. The van der Waals surface area contributed by atoms with Crippen molar-refractivity contribution in [3.05, 3.63) is 0 Å². The van der Waals surface area contributed by atoms with E-state index in [2.05, 4.69) is 4.90 Å². The van der Waals surface area contributed by atoms with E-state index in [0.29, 0.717) is 12.0 Å². The normalized spacial score (nSPS) is 43.2. The van der Waals surface area contributed by atoms with Crippen LogP contribution in [0.3, 0.4) is 0 Å². The predicted molar refractivity (Wildman–Crippen MR) is 40.3 cm³/mol. The molecule has 0 amide bonds. The second kappa shape index (κ2) is 2.21. The summed E-state index contributed by atoms with van der Waals surface area (Å²) in [5, 5.41) is 8.78. The maximum atomic E-state index is 10.6. The maximum absolute atomic E-state index is 10.6. The summed E-state index contributed by atoms with van der Waals surface area (Å²) in [5.74, 6) is -0.192. The molecule has 2 aliphatic rings. The average molecular weight is 155 g/mol. The van der Waals surface area contributed by atoms with E-state index < -0.39 is 5.97 Å². The lowest BCUT2D eigenvalue weighted by atomic mass is 10.1. The molecule has 0 bridgehead atoms. The third-order valence-electron chi connectivity index (χ3n) is 2.97. The standard InChI is InChI=1S/C8H13NO2/c1-9-4-2-3-5-6(7(5)9)8(10)11/h5-7H,2-4H2,1H3,(H,10,11). The van der Waals surface area contributed by atoms with E-state index in [1.54, 1.807) is 0 Å².